The molecule has 3 aromatic carbocycles. The van der Waals surface area contributed by atoms with Gasteiger partial charge in [0.1, 0.15) is 0 Å². The molecule has 0 aromatic heterocycles. The number of methoxy groups -OCH3 is 1. The first-order chi connectivity index (χ1) is 20.6. The van der Waals surface area contributed by atoms with Crippen LogP contribution in [0.1, 0.15) is 62.3 Å². The number of halogens is 1. The molecule has 0 bridgehead atoms. The van der Waals surface area contributed by atoms with Crippen LogP contribution in [-0.2, 0) is 16.0 Å². The lowest BCUT2D eigenvalue weighted by atomic mass is 9.84. The molecule has 8 heteroatoms. The van der Waals surface area contributed by atoms with E-state index in [9.17, 15) is 9.59 Å². The maximum Gasteiger partial charge on any atom is 0.232 e. The first-order valence-electron chi connectivity index (χ1n) is 15.1. The van der Waals surface area contributed by atoms with Gasteiger partial charge in [-0.05, 0) is 119 Å². The Bertz CT molecular complexity index is 1450. The summed E-state index contributed by atoms with van der Waals surface area (Å²) < 4.78 is 11.7. The van der Waals surface area contributed by atoms with Gasteiger partial charge in [-0.1, -0.05) is 23.7 Å². The lowest BCUT2D eigenvalue weighted by molar-refractivity contribution is -0.123. The molecule has 7 nitrogen and oxygen atoms in total. The van der Waals surface area contributed by atoms with Crippen LogP contribution in [0.2, 0.25) is 5.02 Å². The number of hydrogen-bond donors (Lipinski definition) is 0. The SMILES string of the molecule is COc1cc2c(cc1OC(C)C)[C@H](c1ccc(Cl)cc1)N(c1ccc(N(C)C(=O)C3CCC(N(C)C)CC3)cc1)C(=O)C2. The summed E-state index contributed by atoms with van der Waals surface area (Å²) in [5.74, 6) is 1.41. The zero-order valence-corrected chi connectivity index (χ0v) is 26.7. The Morgan fingerprint density at radius 3 is 2.16 bits per heavy atom. The van der Waals surface area contributed by atoms with Gasteiger partial charge in [-0.3, -0.25) is 9.59 Å². The van der Waals surface area contributed by atoms with Crippen molar-refractivity contribution in [3.63, 3.8) is 0 Å². The third-order valence-corrected chi connectivity index (χ3v) is 9.01. The lowest BCUT2D eigenvalue weighted by Gasteiger charge is -2.38. The minimum absolute atomic E-state index is 0.0261. The van der Waals surface area contributed by atoms with E-state index in [2.05, 4.69) is 19.0 Å². The average molecular weight is 604 g/mol. The number of amides is 2. The normalized spacial score (nSPS) is 20.3. The summed E-state index contributed by atoms with van der Waals surface area (Å²) in [5, 5.41) is 0.628. The molecule has 1 saturated carbocycles. The number of hydrogen-bond acceptors (Lipinski definition) is 5. The Balaban J connectivity index is 1.46. The monoisotopic (exact) mass is 603 g/mol. The van der Waals surface area contributed by atoms with Crippen LogP contribution >= 0.6 is 11.6 Å². The molecule has 2 aliphatic rings. The Morgan fingerprint density at radius 1 is 0.930 bits per heavy atom. The molecule has 1 aliphatic heterocycles. The summed E-state index contributed by atoms with van der Waals surface area (Å²) in [6.07, 6.45) is 4.07. The van der Waals surface area contributed by atoms with Gasteiger partial charge in [0.2, 0.25) is 11.8 Å². The van der Waals surface area contributed by atoms with Gasteiger partial charge in [0.15, 0.2) is 11.5 Å². The molecule has 1 heterocycles. The van der Waals surface area contributed by atoms with Crippen molar-refractivity contribution in [2.45, 2.75) is 64.1 Å². The Labute approximate surface area is 260 Å². The van der Waals surface area contributed by atoms with Gasteiger partial charge in [0.25, 0.3) is 0 Å². The average Bonchev–Trinajstić information content (AvgIpc) is 3.00. The van der Waals surface area contributed by atoms with Gasteiger partial charge in [-0.2, -0.15) is 0 Å². The van der Waals surface area contributed by atoms with Crippen LogP contribution in [0.15, 0.2) is 60.7 Å². The topological polar surface area (TPSA) is 62.3 Å². The smallest absolute Gasteiger partial charge is 0.232 e. The van der Waals surface area contributed by atoms with Crippen LogP contribution in [-0.4, -0.2) is 57.1 Å². The molecular formula is C35H42ClN3O4. The Morgan fingerprint density at radius 2 is 1.58 bits per heavy atom. The fourth-order valence-electron chi connectivity index (χ4n) is 6.41. The fourth-order valence-corrected chi connectivity index (χ4v) is 6.53. The molecule has 0 N–H and O–H groups in total. The quantitative estimate of drug-likeness (QED) is 0.280. The summed E-state index contributed by atoms with van der Waals surface area (Å²) in [6.45, 7) is 3.95. The van der Waals surface area contributed by atoms with Crippen LogP contribution < -0.4 is 19.3 Å². The van der Waals surface area contributed by atoms with Gasteiger partial charge in [0.05, 0.1) is 25.7 Å². The van der Waals surface area contributed by atoms with Crippen molar-refractivity contribution in [3.8, 4) is 11.5 Å². The van der Waals surface area contributed by atoms with Gasteiger partial charge >= 0.3 is 0 Å². The predicted octanol–water partition coefficient (Wildman–Crippen LogP) is 6.90. The van der Waals surface area contributed by atoms with E-state index in [0.29, 0.717) is 22.6 Å². The Kier molecular flexibility index (Phi) is 9.33. The highest BCUT2D eigenvalue weighted by Gasteiger charge is 2.36. The highest BCUT2D eigenvalue weighted by atomic mass is 35.5. The standard InChI is InChI=1S/C35H42ClN3O4/c1-22(2)43-32-21-30-25(19-31(32)42-6)20-33(40)39(34(30)23-7-11-26(36)12-8-23)29-17-15-28(16-18-29)38(5)35(41)24-9-13-27(14-10-24)37(3)4/h7-8,11-12,15-19,21-22,24,27,34H,9-10,13-14,20H2,1-6H3/t24?,27?,34-/m0/s1. The van der Waals surface area contributed by atoms with Gasteiger partial charge < -0.3 is 24.2 Å². The summed E-state index contributed by atoms with van der Waals surface area (Å²) in [7, 11) is 7.68. The van der Waals surface area contributed by atoms with E-state index in [1.165, 1.54) is 0 Å². The first kappa shape index (κ1) is 30.9. The first-order valence-corrected chi connectivity index (χ1v) is 15.4. The number of rotatable bonds is 8. The molecule has 1 fully saturated rings. The largest absolute Gasteiger partial charge is 0.493 e. The number of carbonyl (C=O) groups is 2. The minimum atomic E-state index is -0.397. The van der Waals surface area contributed by atoms with Crippen LogP contribution in [0, 0.1) is 5.92 Å². The lowest BCUT2D eigenvalue weighted by Crippen LogP contribution is -2.41. The van der Waals surface area contributed by atoms with Crippen LogP contribution in [0.3, 0.4) is 0 Å². The second-order valence-electron chi connectivity index (χ2n) is 12.1. The molecule has 1 atom stereocenters. The zero-order valence-electron chi connectivity index (χ0n) is 26.0. The van der Waals surface area contributed by atoms with Crippen LogP contribution in [0.25, 0.3) is 0 Å². The van der Waals surface area contributed by atoms with Gasteiger partial charge in [-0.15, -0.1) is 0 Å². The highest BCUT2D eigenvalue weighted by molar-refractivity contribution is 6.30. The van der Waals surface area contributed by atoms with E-state index in [4.69, 9.17) is 21.1 Å². The molecule has 2 amide bonds. The molecule has 43 heavy (non-hydrogen) atoms. The molecule has 0 spiro atoms. The van der Waals surface area contributed by atoms with E-state index < -0.39 is 6.04 Å². The van der Waals surface area contributed by atoms with E-state index in [1.807, 2.05) is 86.5 Å². The van der Waals surface area contributed by atoms with Crippen molar-refractivity contribution < 1.29 is 19.1 Å². The maximum absolute atomic E-state index is 13.8. The molecule has 228 valence electrons. The Hall–Kier alpha value is -3.55. The summed E-state index contributed by atoms with van der Waals surface area (Å²) in [5.41, 5.74) is 4.38. The van der Waals surface area contributed by atoms with E-state index in [1.54, 1.807) is 12.0 Å². The number of benzene rings is 3. The van der Waals surface area contributed by atoms with Crippen molar-refractivity contribution in [1.29, 1.82) is 0 Å². The molecule has 3 aromatic rings. The van der Waals surface area contributed by atoms with E-state index in [-0.39, 0.29) is 30.3 Å². The maximum atomic E-state index is 13.8. The van der Waals surface area contributed by atoms with E-state index >= 15 is 0 Å². The number of carbonyl (C=O) groups excluding carboxylic acids is 2. The van der Waals surface area contributed by atoms with Crippen molar-refractivity contribution in [2.24, 2.45) is 5.92 Å². The molecule has 1 aliphatic carbocycles. The third kappa shape index (κ3) is 6.53. The molecular weight excluding hydrogens is 562 g/mol. The second kappa shape index (κ2) is 13.0. The van der Waals surface area contributed by atoms with Gasteiger partial charge in [0, 0.05) is 35.4 Å². The summed E-state index contributed by atoms with van der Waals surface area (Å²) in [4.78, 5) is 33.1. The number of nitrogens with zero attached hydrogens (tertiary/aromatic N) is 3. The van der Waals surface area contributed by atoms with Crippen molar-refractivity contribution in [3.05, 3.63) is 82.4 Å². The van der Waals surface area contributed by atoms with Gasteiger partial charge in [-0.25, -0.2) is 0 Å². The summed E-state index contributed by atoms with van der Waals surface area (Å²) >= 11 is 6.25. The molecule has 5 rings (SSSR count). The van der Waals surface area contributed by atoms with Crippen LogP contribution in [0.4, 0.5) is 11.4 Å². The number of fused-ring (bicyclic) bond motifs is 1. The van der Waals surface area contributed by atoms with Crippen LogP contribution in [0.5, 0.6) is 11.5 Å². The molecule has 0 saturated heterocycles. The van der Waals surface area contributed by atoms with Crippen molar-refractivity contribution in [1.82, 2.24) is 4.90 Å². The second-order valence-corrected chi connectivity index (χ2v) is 12.6. The number of anilines is 2. The minimum Gasteiger partial charge on any atom is -0.493 e. The third-order valence-electron chi connectivity index (χ3n) is 8.76. The van der Waals surface area contributed by atoms with Crippen molar-refractivity contribution >= 4 is 34.8 Å². The van der Waals surface area contributed by atoms with E-state index in [0.717, 1.165) is 53.7 Å². The summed E-state index contributed by atoms with van der Waals surface area (Å²) in [6, 6.07) is 19.4. The molecule has 0 radical (unpaired) electrons. The number of ether oxygens (including phenoxy) is 2. The molecule has 0 unspecified atom stereocenters. The predicted molar refractivity (Wildman–Crippen MR) is 173 cm³/mol. The zero-order chi connectivity index (χ0) is 30.8. The highest BCUT2D eigenvalue weighted by Crippen LogP contribution is 2.44. The van der Waals surface area contributed by atoms with Crippen molar-refractivity contribution in [2.75, 3.05) is 38.1 Å². The fraction of sp³-hybridized carbons (Fsp3) is 0.429.